The maximum absolute atomic E-state index is 12.5. The molecule has 2 heterocycles. The number of aromatic nitrogens is 1. The minimum atomic E-state index is -0.848. The van der Waals surface area contributed by atoms with Crippen molar-refractivity contribution in [3.63, 3.8) is 0 Å². The molecule has 0 aliphatic carbocycles. The average Bonchev–Trinajstić information content (AvgIpc) is 2.93. The number of nitrogens with zero attached hydrogens (tertiary/aromatic N) is 2. The highest BCUT2D eigenvalue weighted by atomic mass is 16.4. The molecule has 6 nitrogen and oxygen atoms in total. The first-order valence-electron chi connectivity index (χ1n) is 7.08. The predicted molar refractivity (Wildman–Crippen MR) is 77.6 cm³/mol. The van der Waals surface area contributed by atoms with Crippen LogP contribution in [-0.4, -0.2) is 40.0 Å². The van der Waals surface area contributed by atoms with Gasteiger partial charge in [0.2, 0.25) is 0 Å². The molecule has 0 saturated carbocycles. The van der Waals surface area contributed by atoms with E-state index in [0.29, 0.717) is 24.2 Å². The van der Waals surface area contributed by atoms with Crippen LogP contribution in [0, 0.1) is 11.3 Å². The topological polar surface area (TPSA) is 96.5 Å². The summed E-state index contributed by atoms with van der Waals surface area (Å²) in [5, 5.41) is 9.52. The summed E-state index contributed by atoms with van der Waals surface area (Å²) in [5.41, 5.74) is 5.84. The lowest BCUT2D eigenvalue weighted by molar-refractivity contribution is -0.150. The number of nitrogens with two attached hydrogens (primary N) is 1. The van der Waals surface area contributed by atoms with Gasteiger partial charge in [-0.15, -0.1) is 0 Å². The van der Waals surface area contributed by atoms with Crippen molar-refractivity contribution in [3.05, 3.63) is 29.6 Å². The first-order valence-corrected chi connectivity index (χ1v) is 7.08. The van der Waals surface area contributed by atoms with E-state index in [1.807, 2.05) is 13.8 Å². The van der Waals surface area contributed by atoms with Gasteiger partial charge in [-0.3, -0.25) is 14.6 Å². The highest BCUT2D eigenvalue weighted by molar-refractivity contribution is 5.95. The van der Waals surface area contributed by atoms with Crippen molar-refractivity contribution >= 4 is 11.9 Å². The summed E-state index contributed by atoms with van der Waals surface area (Å²) in [4.78, 5) is 29.8. The number of pyridine rings is 1. The Morgan fingerprint density at radius 1 is 1.52 bits per heavy atom. The predicted octanol–water partition coefficient (Wildman–Crippen LogP) is 1.11. The summed E-state index contributed by atoms with van der Waals surface area (Å²) in [6.07, 6.45) is 2.04. The van der Waals surface area contributed by atoms with Crippen LogP contribution in [0.4, 0.5) is 0 Å². The van der Waals surface area contributed by atoms with E-state index < -0.39 is 11.4 Å². The molecule has 0 spiro atoms. The standard InChI is InChI=1S/C15H21N3O3/c1-10(2)15(14(20)21)4-6-18(9-15)13(19)11-3-5-17-12(7-11)8-16/h3,5,7,10H,4,6,8-9,16H2,1-2H3,(H,20,21). The summed E-state index contributed by atoms with van der Waals surface area (Å²) >= 11 is 0. The van der Waals surface area contributed by atoms with E-state index in [4.69, 9.17) is 5.73 Å². The number of rotatable bonds is 4. The van der Waals surface area contributed by atoms with Crippen LogP contribution >= 0.6 is 0 Å². The lowest BCUT2D eigenvalue weighted by Crippen LogP contribution is -2.40. The zero-order valence-corrected chi connectivity index (χ0v) is 12.4. The van der Waals surface area contributed by atoms with Crippen LogP contribution in [0.25, 0.3) is 0 Å². The number of hydrogen-bond acceptors (Lipinski definition) is 4. The minimum absolute atomic E-state index is 0.0233. The third-order valence-electron chi connectivity index (χ3n) is 4.39. The van der Waals surface area contributed by atoms with E-state index in [0.717, 1.165) is 0 Å². The molecule has 1 aromatic heterocycles. The van der Waals surface area contributed by atoms with Crippen LogP contribution in [0.1, 0.15) is 36.3 Å². The van der Waals surface area contributed by atoms with Gasteiger partial charge < -0.3 is 15.7 Å². The Morgan fingerprint density at radius 2 is 2.24 bits per heavy atom. The summed E-state index contributed by atoms with van der Waals surface area (Å²) in [7, 11) is 0. The monoisotopic (exact) mass is 291 g/mol. The summed E-state index contributed by atoms with van der Waals surface area (Å²) in [5.74, 6) is -1.01. The number of carbonyl (C=O) groups is 2. The van der Waals surface area contributed by atoms with Gasteiger partial charge in [0.1, 0.15) is 0 Å². The Hall–Kier alpha value is -1.95. The van der Waals surface area contributed by atoms with Gasteiger partial charge in [0.05, 0.1) is 11.1 Å². The van der Waals surface area contributed by atoms with Crippen molar-refractivity contribution in [2.75, 3.05) is 13.1 Å². The van der Waals surface area contributed by atoms with E-state index in [-0.39, 0.29) is 24.9 Å². The number of likely N-dealkylation sites (tertiary alicyclic amines) is 1. The Balaban J connectivity index is 2.20. The van der Waals surface area contributed by atoms with E-state index in [9.17, 15) is 14.7 Å². The van der Waals surface area contributed by atoms with E-state index in [1.54, 1.807) is 23.2 Å². The molecule has 1 aliphatic rings. The molecule has 1 atom stereocenters. The summed E-state index contributed by atoms with van der Waals surface area (Å²) in [6.45, 7) is 4.76. The number of hydrogen-bond donors (Lipinski definition) is 2. The molecule has 21 heavy (non-hydrogen) atoms. The highest BCUT2D eigenvalue weighted by Gasteiger charge is 2.48. The van der Waals surface area contributed by atoms with Gasteiger partial charge in [-0.2, -0.15) is 0 Å². The molecule has 0 aromatic carbocycles. The van der Waals surface area contributed by atoms with E-state index >= 15 is 0 Å². The molecule has 3 N–H and O–H groups in total. The van der Waals surface area contributed by atoms with Crippen molar-refractivity contribution in [3.8, 4) is 0 Å². The molecule has 1 aromatic rings. The fourth-order valence-corrected chi connectivity index (χ4v) is 2.80. The molecule has 0 radical (unpaired) electrons. The second-order valence-electron chi connectivity index (χ2n) is 5.83. The maximum Gasteiger partial charge on any atom is 0.311 e. The first-order chi connectivity index (χ1) is 9.90. The summed E-state index contributed by atoms with van der Waals surface area (Å²) in [6, 6.07) is 3.30. The zero-order valence-electron chi connectivity index (χ0n) is 12.4. The molecule has 1 fully saturated rings. The quantitative estimate of drug-likeness (QED) is 0.866. The molecule has 1 amide bonds. The van der Waals surface area contributed by atoms with Crippen molar-refractivity contribution in [2.45, 2.75) is 26.8 Å². The Labute approximate surface area is 124 Å². The van der Waals surface area contributed by atoms with Gasteiger partial charge in [-0.05, 0) is 24.5 Å². The zero-order chi connectivity index (χ0) is 15.6. The molecule has 114 valence electrons. The van der Waals surface area contributed by atoms with Crippen molar-refractivity contribution in [1.29, 1.82) is 0 Å². The fraction of sp³-hybridized carbons (Fsp3) is 0.533. The minimum Gasteiger partial charge on any atom is -0.481 e. The van der Waals surface area contributed by atoms with Gasteiger partial charge >= 0.3 is 5.97 Å². The first kappa shape index (κ1) is 15.4. The number of carboxylic acids is 1. The summed E-state index contributed by atoms with van der Waals surface area (Å²) < 4.78 is 0. The smallest absolute Gasteiger partial charge is 0.311 e. The molecular weight excluding hydrogens is 270 g/mol. The van der Waals surface area contributed by atoms with Crippen LogP contribution in [0.2, 0.25) is 0 Å². The molecule has 2 rings (SSSR count). The fourth-order valence-electron chi connectivity index (χ4n) is 2.80. The highest BCUT2D eigenvalue weighted by Crippen LogP contribution is 2.38. The van der Waals surface area contributed by atoms with Crippen LogP contribution in [0.5, 0.6) is 0 Å². The number of aliphatic carboxylic acids is 1. The van der Waals surface area contributed by atoms with E-state index in [1.165, 1.54) is 0 Å². The van der Waals surface area contributed by atoms with Crippen molar-refractivity contribution < 1.29 is 14.7 Å². The molecule has 1 saturated heterocycles. The lowest BCUT2D eigenvalue weighted by Gasteiger charge is -2.28. The average molecular weight is 291 g/mol. The molecule has 6 heteroatoms. The number of amides is 1. The number of carboxylic acid groups (broad SMARTS) is 1. The Kier molecular flexibility index (Phi) is 4.27. The van der Waals surface area contributed by atoms with Gasteiger partial charge in [0, 0.05) is 31.4 Å². The van der Waals surface area contributed by atoms with Crippen LogP contribution < -0.4 is 5.73 Å². The molecule has 1 aliphatic heterocycles. The van der Waals surface area contributed by atoms with Crippen LogP contribution in [0.3, 0.4) is 0 Å². The second kappa shape index (κ2) is 5.81. The number of carbonyl (C=O) groups excluding carboxylic acids is 1. The van der Waals surface area contributed by atoms with Crippen LogP contribution in [-0.2, 0) is 11.3 Å². The van der Waals surface area contributed by atoms with Crippen molar-refractivity contribution in [1.82, 2.24) is 9.88 Å². The Morgan fingerprint density at radius 3 is 2.76 bits per heavy atom. The normalized spacial score (nSPS) is 21.8. The maximum atomic E-state index is 12.5. The van der Waals surface area contributed by atoms with Crippen LogP contribution in [0.15, 0.2) is 18.3 Å². The third-order valence-corrected chi connectivity index (χ3v) is 4.39. The lowest BCUT2D eigenvalue weighted by atomic mass is 9.76. The molecule has 1 unspecified atom stereocenters. The largest absolute Gasteiger partial charge is 0.481 e. The van der Waals surface area contributed by atoms with Gasteiger partial charge in [0.25, 0.3) is 5.91 Å². The van der Waals surface area contributed by atoms with Gasteiger partial charge in [-0.1, -0.05) is 13.8 Å². The van der Waals surface area contributed by atoms with E-state index in [2.05, 4.69) is 4.98 Å². The van der Waals surface area contributed by atoms with Gasteiger partial charge in [0.15, 0.2) is 0 Å². The Bertz CT molecular complexity index is 559. The van der Waals surface area contributed by atoms with Crippen molar-refractivity contribution in [2.24, 2.45) is 17.1 Å². The third kappa shape index (κ3) is 2.76. The molecule has 0 bridgehead atoms. The van der Waals surface area contributed by atoms with Gasteiger partial charge in [-0.25, -0.2) is 0 Å². The second-order valence-corrected chi connectivity index (χ2v) is 5.83. The molecular formula is C15H21N3O3. The SMILES string of the molecule is CC(C)C1(C(=O)O)CCN(C(=O)c2ccnc(CN)c2)C1.